The summed E-state index contributed by atoms with van der Waals surface area (Å²) in [5.74, 6) is -2.17. The van der Waals surface area contributed by atoms with Crippen LogP contribution in [0.1, 0.15) is 15.9 Å². The van der Waals surface area contributed by atoms with Crippen molar-refractivity contribution in [2.45, 2.75) is 6.54 Å². The monoisotopic (exact) mass is 413 g/mol. The summed E-state index contributed by atoms with van der Waals surface area (Å²) < 4.78 is 19.4. The van der Waals surface area contributed by atoms with E-state index in [1.807, 2.05) is 24.3 Å². The number of esters is 1. The zero-order chi connectivity index (χ0) is 17.7. The highest BCUT2D eigenvalue weighted by molar-refractivity contribution is 9.10. The lowest BCUT2D eigenvalue weighted by atomic mass is 10.2. The number of ether oxygens (including phenoxy) is 1. The predicted molar refractivity (Wildman–Crippen MR) is 92.3 cm³/mol. The first-order valence-electron chi connectivity index (χ1n) is 6.98. The van der Waals surface area contributed by atoms with Gasteiger partial charge in [-0.1, -0.05) is 51.8 Å². The third-order valence-electron chi connectivity index (χ3n) is 3.28. The minimum atomic E-state index is -0.972. The normalized spacial score (nSPS) is 10.3. The molecule has 0 unspecified atom stereocenters. The molecule has 4 nitrogen and oxygen atoms in total. The number of halogens is 3. The van der Waals surface area contributed by atoms with Crippen molar-refractivity contribution in [2.24, 2.45) is 0 Å². The first kappa shape index (κ1) is 18.4. The van der Waals surface area contributed by atoms with E-state index in [4.69, 9.17) is 16.3 Å². The van der Waals surface area contributed by atoms with Crippen molar-refractivity contribution in [3.8, 4) is 0 Å². The second-order valence-corrected chi connectivity index (χ2v) is 6.28. The van der Waals surface area contributed by atoms with Crippen molar-refractivity contribution in [1.29, 1.82) is 0 Å². The third-order valence-corrected chi connectivity index (χ3v) is 4.37. The SMILES string of the molecule is CN(Cc1ccccc1Br)C(=O)COC(=O)c1c(F)cccc1Cl. The number of benzene rings is 2. The summed E-state index contributed by atoms with van der Waals surface area (Å²) in [5.41, 5.74) is 0.539. The van der Waals surface area contributed by atoms with Gasteiger partial charge in [-0.3, -0.25) is 4.79 Å². The second-order valence-electron chi connectivity index (χ2n) is 5.01. The zero-order valence-corrected chi connectivity index (χ0v) is 15.1. The predicted octanol–water partition coefficient (Wildman–Crippen LogP) is 4.06. The molecule has 0 radical (unpaired) electrons. The van der Waals surface area contributed by atoms with Crippen LogP contribution in [0.15, 0.2) is 46.9 Å². The Morgan fingerprint density at radius 3 is 2.58 bits per heavy atom. The van der Waals surface area contributed by atoms with Crippen LogP contribution in [0.3, 0.4) is 0 Å². The molecule has 126 valence electrons. The van der Waals surface area contributed by atoms with Crippen LogP contribution in [0.2, 0.25) is 5.02 Å². The number of carbonyl (C=O) groups is 2. The van der Waals surface area contributed by atoms with Crippen molar-refractivity contribution < 1.29 is 18.7 Å². The first-order chi connectivity index (χ1) is 11.4. The van der Waals surface area contributed by atoms with Crippen LogP contribution >= 0.6 is 27.5 Å². The van der Waals surface area contributed by atoms with Gasteiger partial charge < -0.3 is 9.64 Å². The van der Waals surface area contributed by atoms with Gasteiger partial charge in [0.15, 0.2) is 6.61 Å². The van der Waals surface area contributed by atoms with Crippen LogP contribution in [-0.4, -0.2) is 30.4 Å². The van der Waals surface area contributed by atoms with Gasteiger partial charge in [0, 0.05) is 18.1 Å². The molecule has 0 saturated carbocycles. The Morgan fingerprint density at radius 1 is 1.21 bits per heavy atom. The number of amides is 1. The van der Waals surface area contributed by atoms with E-state index < -0.39 is 24.3 Å². The molecule has 7 heteroatoms. The highest BCUT2D eigenvalue weighted by Crippen LogP contribution is 2.20. The molecule has 0 fully saturated rings. The molecule has 24 heavy (non-hydrogen) atoms. The molecular formula is C17H14BrClFNO3. The minimum Gasteiger partial charge on any atom is -0.452 e. The van der Waals surface area contributed by atoms with E-state index in [9.17, 15) is 14.0 Å². The van der Waals surface area contributed by atoms with Crippen LogP contribution in [0.4, 0.5) is 4.39 Å². The molecule has 0 atom stereocenters. The van der Waals surface area contributed by atoms with Gasteiger partial charge in [0.25, 0.3) is 5.91 Å². The Kier molecular flexibility index (Phi) is 6.34. The van der Waals surface area contributed by atoms with E-state index in [0.717, 1.165) is 16.1 Å². The second kappa shape index (κ2) is 8.26. The van der Waals surface area contributed by atoms with Crippen LogP contribution in [0.25, 0.3) is 0 Å². The van der Waals surface area contributed by atoms with E-state index >= 15 is 0 Å². The smallest absolute Gasteiger partial charge is 0.343 e. The van der Waals surface area contributed by atoms with Gasteiger partial charge in [-0.2, -0.15) is 0 Å². The molecular weight excluding hydrogens is 401 g/mol. The van der Waals surface area contributed by atoms with Crippen LogP contribution < -0.4 is 0 Å². The molecule has 0 heterocycles. The molecule has 1 amide bonds. The van der Waals surface area contributed by atoms with Crippen molar-refractivity contribution in [1.82, 2.24) is 4.90 Å². The lowest BCUT2D eigenvalue weighted by Gasteiger charge is -2.18. The number of likely N-dealkylation sites (N-methyl/N-ethyl adjacent to an activating group) is 1. The van der Waals surface area contributed by atoms with Gasteiger partial charge in [-0.05, 0) is 23.8 Å². The maximum Gasteiger partial charge on any atom is 0.343 e. The Labute approximate surface area is 152 Å². The van der Waals surface area contributed by atoms with Gasteiger partial charge in [0.05, 0.1) is 5.02 Å². The fourth-order valence-corrected chi connectivity index (χ4v) is 2.62. The molecule has 0 spiro atoms. The molecule has 0 saturated heterocycles. The van der Waals surface area contributed by atoms with E-state index in [1.165, 1.54) is 17.0 Å². The maximum absolute atomic E-state index is 13.6. The summed E-state index contributed by atoms with van der Waals surface area (Å²) in [5, 5.41) is -0.0611. The summed E-state index contributed by atoms with van der Waals surface area (Å²) in [4.78, 5) is 25.4. The Balaban J connectivity index is 1.95. The Hall–Kier alpha value is -1.92. The van der Waals surface area contributed by atoms with Gasteiger partial charge in [0.2, 0.25) is 0 Å². The number of carbonyl (C=O) groups excluding carboxylic acids is 2. The number of rotatable bonds is 5. The summed E-state index contributed by atoms with van der Waals surface area (Å²) in [6, 6.07) is 11.3. The molecule has 2 rings (SSSR count). The average molecular weight is 415 g/mol. The molecule has 0 aliphatic carbocycles. The standard InChI is InChI=1S/C17H14BrClFNO3/c1-21(9-11-5-2-3-6-12(11)18)15(22)10-24-17(23)16-13(19)7-4-8-14(16)20/h2-8H,9-10H2,1H3. The van der Waals surface area contributed by atoms with E-state index in [1.54, 1.807) is 7.05 Å². The molecule has 0 N–H and O–H groups in total. The minimum absolute atomic E-state index is 0.0611. The maximum atomic E-state index is 13.6. The van der Waals surface area contributed by atoms with E-state index in [0.29, 0.717) is 6.54 Å². The molecule has 0 aliphatic heterocycles. The fourth-order valence-electron chi connectivity index (χ4n) is 1.97. The van der Waals surface area contributed by atoms with Crippen molar-refractivity contribution in [2.75, 3.05) is 13.7 Å². The lowest BCUT2D eigenvalue weighted by Crippen LogP contribution is -2.31. The highest BCUT2D eigenvalue weighted by atomic mass is 79.9. The quantitative estimate of drug-likeness (QED) is 0.693. The largest absolute Gasteiger partial charge is 0.452 e. The van der Waals surface area contributed by atoms with Gasteiger partial charge in [0.1, 0.15) is 11.4 Å². The summed E-state index contributed by atoms with van der Waals surface area (Å²) in [7, 11) is 1.59. The fraction of sp³-hybridized carbons (Fsp3) is 0.176. The summed E-state index contributed by atoms with van der Waals surface area (Å²) in [6.07, 6.45) is 0. The molecule has 0 aromatic heterocycles. The molecule has 0 bridgehead atoms. The van der Waals surface area contributed by atoms with Gasteiger partial charge in [-0.15, -0.1) is 0 Å². The Bertz CT molecular complexity index is 749. The Morgan fingerprint density at radius 2 is 1.92 bits per heavy atom. The zero-order valence-electron chi connectivity index (χ0n) is 12.8. The first-order valence-corrected chi connectivity index (χ1v) is 8.15. The van der Waals surface area contributed by atoms with Crippen LogP contribution in [0, 0.1) is 5.82 Å². The third kappa shape index (κ3) is 4.55. The van der Waals surface area contributed by atoms with Crippen molar-refractivity contribution >= 4 is 39.4 Å². The number of hydrogen-bond donors (Lipinski definition) is 0. The van der Waals surface area contributed by atoms with Crippen LogP contribution in [0.5, 0.6) is 0 Å². The topological polar surface area (TPSA) is 46.6 Å². The van der Waals surface area contributed by atoms with Crippen LogP contribution in [-0.2, 0) is 16.1 Å². The highest BCUT2D eigenvalue weighted by Gasteiger charge is 2.19. The molecule has 2 aromatic rings. The average Bonchev–Trinajstić information content (AvgIpc) is 2.54. The lowest BCUT2D eigenvalue weighted by molar-refractivity contribution is -0.133. The number of hydrogen-bond acceptors (Lipinski definition) is 3. The van der Waals surface area contributed by atoms with E-state index in [2.05, 4.69) is 15.9 Å². The van der Waals surface area contributed by atoms with E-state index in [-0.39, 0.29) is 10.6 Å². The van der Waals surface area contributed by atoms with Crippen molar-refractivity contribution in [3.05, 3.63) is 68.9 Å². The summed E-state index contributed by atoms with van der Waals surface area (Å²) >= 11 is 9.19. The molecule has 0 aliphatic rings. The molecule has 2 aromatic carbocycles. The number of nitrogens with zero attached hydrogens (tertiary/aromatic N) is 1. The summed E-state index contributed by atoms with van der Waals surface area (Å²) in [6.45, 7) is -0.150. The van der Waals surface area contributed by atoms with Crippen molar-refractivity contribution in [3.63, 3.8) is 0 Å². The van der Waals surface area contributed by atoms with Gasteiger partial charge >= 0.3 is 5.97 Å². The van der Waals surface area contributed by atoms with Gasteiger partial charge in [-0.25, -0.2) is 9.18 Å².